The smallest absolute Gasteiger partial charge is 0.261 e. The van der Waals surface area contributed by atoms with E-state index in [1.807, 2.05) is 18.3 Å². The maximum Gasteiger partial charge on any atom is 0.261 e. The van der Waals surface area contributed by atoms with Gasteiger partial charge in [-0.15, -0.1) is 11.8 Å². The quantitative estimate of drug-likeness (QED) is 0.479. The number of carbonyl (C=O) groups is 2. The van der Waals surface area contributed by atoms with Gasteiger partial charge in [-0.2, -0.15) is 5.10 Å². The molecule has 5 rings (SSSR count). The molecule has 0 radical (unpaired) electrons. The van der Waals surface area contributed by atoms with Gasteiger partial charge in [-0.3, -0.25) is 19.6 Å². The normalized spacial score (nSPS) is 21.3. The monoisotopic (exact) mass is 421 g/mol. The number of carbonyl (C=O) groups excluding carboxylic acids is 2. The van der Waals surface area contributed by atoms with E-state index < -0.39 is 0 Å². The van der Waals surface area contributed by atoms with Crippen molar-refractivity contribution in [3.05, 3.63) is 53.7 Å². The first-order valence-electron chi connectivity index (χ1n) is 10.4. The highest BCUT2D eigenvalue weighted by Crippen LogP contribution is 2.38. The Hall–Kier alpha value is -2.80. The molecule has 1 aliphatic carbocycles. The lowest BCUT2D eigenvalue weighted by molar-refractivity contribution is 0.0448. The predicted octanol–water partition coefficient (Wildman–Crippen LogP) is 4.66. The molecule has 2 aliphatic rings. The molecule has 0 saturated heterocycles. The Bertz CT molecular complexity index is 1090. The Balaban J connectivity index is 1.37. The number of aromatic nitrogens is 2. The zero-order valence-corrected chi connectivity index (χ0v) is 17.6. The number of ether oxygens (including phenoxy) is 1. The van der Waals surface area contributed by atoms with Crippen LogP contribution in [0.3, 0.4) is 0 Å². The molecule has 1 aliphatic heterocycles. The van der Waals surface area contributed by atoms with Crippen LogP contribution in [-0.2, 0) is 0 Å². The molecule has 6 nitrogen and oxygen atoms in total. The lowest BCUT2D eigenvalue weighted by Crippen LogP contribution is -2.44. The van der Waals surface area contributed by atoms with Crippen LogP contribution < -0.4 is 4.74 Å². The van der Waals surface area contributed by atoms with Crippen molar-refractivity contribution in [2.45, 2.75) is 49.6 Å². The van der Waals surface area contributed by atoms with Gasteiger partial charge in [0, 0.05) is 17.8 Å². The molecule has 1 saturated carbocycles. The van der Waals surface area contributed by atoms with Crippen LogP contribution >= 0.6 is 11.8 Å². The molecular weight excluding hydrogens is 398 g/mol. The standard InChI is InChI=1S/C23H23N3O3S/c1-2-30-21-18-13-24-25-19(18)10-11-20(21)29-15-7-5-6-14(12-15)26-22(27)16-8-3-4-9-17(16)23(26)28/h3-4,8-11,13-15H,2,5-7,12H2,1H3,(H,24,25)/t14-,15+/m1/s1. The summed E-state index contributed by atoms with van der Waals surface area (Å²) in [6.07, 6.45) is 5.12. The third kappa shape index (κ3) is 3.17. The van der Waals surface area contributed by atoms with Gasteiger partial charge < -0.3 is 4.74 Å². The van der Waals surface area contributed by atoms with Crippen LogP contribution in [-0.4, -0.2) is 44.8 Å². The van der Waals surface area contributed by atoms with E-state index in [1.165, 1.54) is 4.90 Å². The summed E-state index contributed by atoms with van der Waals surface area (Å²) in [5.74, 6) is 1.43. The molecule has 30 heavy (non-hydrogen) atoms. The predicted molar refractivity (Wildman–Crippen MR) is 116 cm³/mol. The van der Waals surface area contributed by atoms with Gasteiger partial charge in [-0.1, -0.05) is 19.1 Å². The van der Waals surface area contributed by atoms with Gasteiger partial charge in [0.05, 0.1) is 27.7 Å². The average Bonchev–Trinajstić information content (AvgIpc) is 3.34. The highest BCUT2D eigenvalue weighted by Gasteiger charge is 2.41. The molecule has 0 spiro atoms. The molecule has 1 N–H and O–H groups in total. The van der Waals surface area contributed by atoms with E-state index in [9.17, 15) is 9.59 Å². The zero-order chi connectivity index (χ0) is 20.7. The van der Waals surface area contributed by atoms with E-state index in [-0.39, 0.29) is 24.0 Å². The first-order valence-corrected chi connectivity index (χ1v) is 11.4. The van der Waals surface area contributed by atoms with Gasteiger partial charge in [0.1, 0.15) is 11.9 Å². The maximum absolute atomic E-state index is 12.9. The molecule has 7 heteroatoms. The van der Waals surface area contributed by atoms with Crippen molar-refractivity contribution in [1.29, 1.82) is 0 Å². The SMILES string of the molecule is CCSc1c(O[C@H]2CCC[C@@H](N3C(=O)c4ccccc4C3=O)C2)ccc2[nH]ncc12. The van der Waals surface area contributed by atoms with E-state index in [4.69, 9.17) is 4.74 Å². The number of imide groups is 1. The summed E-state index contributed by atoms with van der Waals surface area (Å²) in [6, 6.07) is 10.9. The minimum Gasteiger partial charge on any atom is -0.489 e. The third-order valence-corrected chi connectivity index (χ3v) is 6.91. The van der Waals surface area contributed by atoms with Crippen LogP contribution in [0.5, 0.6) is 5.75 Å². The first-order chi connectivity index (χ1) is 14.7. The molecular formula is C23H23N3O3S. The second kappa shape index (κ2) is 7.80. The number of thioether (sulfide) groups is 1. The number of amides is 2. The molecule has 0 bridgehead atoms. The molecule has 2 atom stereocenters. The van der Waals surface area contributed by atoms with Crippen molar-refractivity contribution in [1.82, 2.24) is 15.1 Å². The fourth-order valence-corrected chi connectivity index (χ4v) is 5.40. The van der Waals surface area contributed by atoms with E-state index >= 15 is 0 Å². The van der Waals surface area contributed by atoms with Gasteiger partial charge in [0.15, 0.2) is 0 Å². The van der Waals surface area contributed by atoms with E-state index in [1.54, 1.807) is 36.0 Å². The minimum absolute atomic E-state index is 0.0337. The number of H-pyrrole nitrogens is 1. The summed E-state index contributed by atoms with van der Waals surface area (Å²) in [5, 5.41) is 8.23. The summed E-state index contributed by atoms with van der Waals surface area (Å²) in [7, 11) is 0. The van der Waals surface area contributed by atoms with Gasteiger partial charge in [-0.05, 0) is 49.3 Å². The van der Waals surface area contributed by atoms with Gasteiger partial charge in [0.25, 0.3) is 11.8 Å². The number of aromatic amines is 1. The average molecular weight is 422 g/mol. The number of nitrogens with one attached hydrogen (secondary N) is 1. The largest absolute Gasteiger partial charge is 0.489 e. The van der Waals surface area contributed by atoms with Crippen molar-refractivity contribution in [2.75, 3.05) is 5.75 Å². The maximum atomic E-state index is 12.9. The summed E-state index contributed by atoms with van der Waals surface area (Å²) in [6.45, 7) is 2.12. The summed E-state index contributed by atoms with van der Waals surface area (Å²) < 4.78 is 6.44. The lowest BCUT2D eigenvalue weighted by atomic mass is 9.91. The highest BCUT2D eigenvalue weighted by atomic mass is 32.2. The number of nitrogens with zero attached hydrogens (tertiary/aromatic N) is 2. The van der Waals surface area contributed by atoms with Crippen molar-refractivity contribution in [2.24, 2.45) is 0 Å². The summed E-state index contributed by atoms with van der Waals surface area (Å²) >= 11 is 1.74. The van der Waals surface area contributed by atoms with Crippen LogP contribution in [0, 0.1) is 0 Å². The molecule has 1 aromatic heterocycles. The fraction of sp³-hybridized carbons (Fsp3) is 0.348. The molecule has 3 aromatic rings. The second-order valence-electron chi connectivity index (χ2n) is 7.74. The van der Waals surface area contributed by atoms with Gasteiger partial charge in [-0.25, -0.2) is 0 Å². The Morgan fingerprint density at radius 2 is 1.90 bits per heavy atom. The summed E-state index contributed by atoms with van der Waals surface area (Å²) in [5.41, 5.74) is 2.01. The Kier molecular flexibility index (Phi) is 4.98. The number of hydrogen-bond donors (Lipinski definition) is 1. The van der Waals surface area contributed by atoms with Gasteiger partial charge >= 0.3 is 0 Å². The number of fused-ring (bicyclic) bond motifs is 2. The molecule has 154 valence electrons. The third-order valence-electron chi connectivity index (χ3n) is 5.91. The number of hydrogen-bond acceptors (Lipinski definition) is 5. The number of benzene rings is 2. The lowest BCUT2D eigenvalue weighted by Gasteiger charge is -2.34. The Morgan fingerprint density at radius 1 is 1.13 bits per heavy atom. The van der Waals surface area contributed by atoms with Crippen molar-refractivity contribution >= 4 is 34.5 Å². The van der Waals surface area contributed by atoms with Crippen molar-refractivity contribution < 1.29 is 14.3 Å². The van der Waals surface area contributed by atoms with Gasteiger partial charge in [0.2, 0.25) is 0 Å². The Labute approximate surface area is 179 Å². The molecule has 2 aromatic carbocycles. The van der Waals surface area contributed by atoms with Crippen molar-refractivity contribution in [3.8, 4) is 5.75 Å². The topological polar surface area (TPSA) is 75.3 Å². The van der Waals surface area contributed by atoms with Crippen molar-refractivity contribution in [3.63, 3.8) is 0 Å². The molecule has 2 heterocycles. The highest BCUT2D eigenvalue weighted by molar-refractivity contribution is 7.99. The van der Waals surface area contributed by atoms with Crippen LogP contribution in [0.25, 0.3) is 10.9 Å². The second-order valence-corrected chi connectivity index (χ2v) is 9.02. The molecule has 2 amide bonds. The Morgan fingerprint density at radius 3 is 2.63 bits per heavy atom. The summed E-state index contributed by atoms with van der Waals surface area (Å²) in [4.78, 5) is 28.3. The van der Waals surface area contributed by atoms with E-state index in [2.05, 4.69) is 17.1 Å². The van der Waals surface area contributed by atoms with Crippen LogP contribution in [0.4, 0.5) is 0 Å². The zero-order valence-electron chi connectivity index (χ0n) is 16.8. The first kappa shape index (κ1) is 19.2. The van der Waals surface area contributed by atoms with Crippen LogP contribution in [0.1, 0.15) is 53.3 Å². The molecule has 0 unspecified atom stereocenters. The molecule has 1 fully saturated rings. The van der Waals surface area contributed by atoms with Crippen LogP contribution in [0.15, 0.2) is 47.5 Å². The van der Waals surface area contributed by atoms with E-state index in [0.717, 1.165) is 46.6 Å². The number of rotatable bonds is 5. The van der Waals surface area contributed by atoms with E-state index in [0.29, 0.717) is 17.5 Å². The van der Waals surface area contributed by atoms with Crippen LogP contribution in [0.2, 0.25) is 0 Å². The minimum atomic E-state index is -0.178. The fourth-order valence-electron chi connectivity index (χ4n) is 4.54.